The van der Waals surface area contributed by atoms with Gasteiger partial charge in [0.15, 0.2) is 6.10 Å². The van der Waals surface area contributed by atoms with E-state index in [1.807, 2.05) is 0 Å². The number of aromatic nitrogens is 2. The molecule has 1 aromatic heterocycles. The van der Waals surface area contributed by atoms with Gasteiger partial charge in [-0.3, -0.25) is 34.0 Å². The first kappa shape index (κ1) is 21.3. The summed E-state index contributed by atoms with van der Waals surface area (Å²) in [4.78, 5) is 59.2. The van der Waals surface area contributed by atoms with Crippen molar-refractivity contribution in [3.63, 3.8) is 0 Å². The lowest BCUT2D eigenvalue weighted by molar-refractivity contribution is -0.535. The van der Waals surface area contributed by atoms with Crippen LogP contribution in [0.4, 0.5) is 0 Å². The van der Waals surface area contributed by atoms with E-state index in [0.717, 1.165) is 11.5 Å². The van der Waals surface area contributed by atoms with Crippen molar-refractivity contribution < 1.29 is 28.7 Å². The molecule has 12 heteroatoms. The molecule has 154 valence electrons. The van der Waals surface area contributed by atoms with Crippen LogP contribution in [0.25, 0.3) is 0 Å². The molecule has 1 saturated heterocycles. The number of hydrogen-bond donors (Lipinski definition) is 1. The van der Waals surface area contributed by atoms with Crippen LogP contribution in [0.1, 0.15) is 32.1 Å². The molecule has 0 unspecified atom stereocenters. The molecule has 0 aliphatic carbocycles. The molecule has 2 heterocycles. The minimum absolute atomic E-state index is 0.0249. The van der Waals surface area contributed by atoms with Crippen molar-refractivity contribution in [2.75, 3.05) is 13.2 Å². The van der Waals surface area contributed by atoms with Crippen molar-refractivity contribution in [3.8, 4) is 0 Å². The van der Waals surface area contributed by atoms with E-state index in [1.165, 1.54) is 20.0 Å². The number of nitro groups is 1. The van der Waals surface area contributed by atoms with Gasteiger partial charge in [-0.05, 0) is 13.3 Å². The number of hydrogen-bond acceptors (Lipinski definition) is 9. The molecule has 0 radical (unpaired) electrons. The number of ether oxygens (including phenoxy) is 3. The molecule has 0 bridgehead atoms. The summed E-state index contributed by atoms with van der Waals surface area (Å²) >= 11 is 0. The SMILES string of the molecule is CC(=O)OCC[C@@H]1[C@H]([N+](=O)[O-])[C@@H](COC(C)=O)O[C@H]1n1cc(C)c(=O)[nH]c1=O. The molecule has 1 fully saturated rings. The monoisotopic (exact) mass is 399 g/mol. The van der Waals surface area contributed by atoms with Crippen LogP contribution < -0.4 is 11.2 Å². The number of aromatic amines is 1. The quantitative estimate of drug-likeness (QED) is 0.363. The molecule has 1 aromatic rings. The second-order valence-electron chi connectivity index (χ2n) is 6.41. The summed E-state index contributed by atoms with van der Waals surface area (Å²) in [6.45, 7) is 3.33. The third-order valence-electron chi connectivity index (χ3n) is 4.37. The van der Waals surface area contributed by atoms with Crippen LogP contribution in [-0.4, -0.2) is 51.8 Å². The topological polar surface area (TPSA) is 160 Å². The molecular weight excluding hydrogens is 378 g/mol. The van der Waals surface area contributed by atoms with E-state index in [0.29, 0.717) is 0 Å². The maximum atomic E-state index is 12.2. The predicted octanol–water partition coefficient (Wildman–Crippen LogP) is -0.480. The normalized spacial score (nSPS) is 24.0. The first-order chi connectivity index (χ1) is 13.1. The number of rotatable bonds is 7. The van der Waals surface area contributed by atoms with Gasteiger partial charge in [-0.15, -0.1) is 0 Å². The molecule has 0 amide bonds. The van der Waals surface area contributed by atoms with Crippen molar-refractivity contribution in [1.82, 2.24) is 9.55 Å². The Hall–Kier alpha value is -3.02. The molecule has 0 spiro atoms. The minimum atomic E-state index is -1.32. The van der Waals surface area contributed by atoms with Crippen LogP contribution in [0, 0.1) is 23.0 Å². The minimum Gasteiger partial charge on any atom is -0.466 e. The van der Waals surface area contributed by atoms with E-state index in [1.54, 1.807) is 0 Å². The summed E-state index contributed by atoms with van der Waals surface area (Å²) < 4.78 is 16.5. The van der Waals surface area contributed by atoms with Gasteiger partial charge in [-0.2, -0.15) is 0 Å². The van der Waals surface area contributed by atoms with Gasteiger partial charge >= 0.3 is 17.6 Å². The van der Waals surface area contributed by atoms with Crippen LogP contribution in [0.15, 0.2) is 15.8 Å². The van der Waals surface area contributed by atoms with Gasteiger partial charge in [0.1, 0.15) is 12.8 Å². The van der Waals surface area contributed by atoms with Gasteiger partial charge in [-0.1, -0.05) is 0 Å². The third kappa shape index (κ3) is 4.82. The Morgan fingerprint density at radius 1 is 1.29 bits per heavy atom. The summed E-state index contributed by atoms with van der Waals surface area (Å²) in [5, 5.41) is 11.7. The highest BCUT2D eigenvalue weighted by molar-refractivity contribution is 5.66. The molecule has 1 aliphatic heterocycles. The van der Waals surface area contributed by atoms with E-state index >= 15 is 0 Å². The van der Waals surface area contributed by atoms with Gasteiger partial charge in [0.25, 0.3) is 5.56 Å². The van der Waals surface area contributed by atoms with E-state index in [2.05, 4.69) is 4.98 Å². The predicted molar refractivity (Wildman–Crippen MR) is 92.1 cm³/mol. The number of carbonyl (C=O) groups is 2. The van der Waals surface area contributed by atoms with Crippen molar-refractivity contribution in [2.24, 2.45) is 5.92 Å². The Morgan fingerprint density at radius 3 is 2.50 bits per heavy atom. The Labute approximate surface area is 158 Å². The number of H-pyrrole nitrogens is 1. The van der Waals surface area contributed by atoms with Crippen LogP contribution in [0.2, 0.25) is 0 Å². The number of nitrogens with one attached hydrogen (secondary N) is 1. The summed E-state index contributed by atoms with van der Waals surface area (Å²) in [5.74, 6) is -2.07. The molecule has 2 rings (SSSR count). The maximum Gasteiger partial charge on any atom is 0.330 e. The third-order valence-corrected chi connectivity index (χ3v) is 4.37. The Kier molecular flexibility index (Phi) is 6.67. The maximum absolute atomic E-state index is 12.2. The van der Waals surface area contributed by atoms with Crippen molar-refractivity contribution in [1.29, 1.82) is 0 Å². The molecule has 1 aliphatic rings. The van der Waals surface area contributed by atoms with E-state index in [4.69, 9.17) is 14.2 Å². The van der Waals surface area contributed by atoms with Crippen molar-refractivity contribution in [3.05, 3.63) is 42.7 Å². The number of nitrogens with zero attached hydrogens (tertiary/aromatic N) is 2. The summed E-state index contributed by atoms with van der Waals surface area (Å²) in [6.07, 6.45) is -0.965. The summed E-state index contributed by atoms with van der Waals surface area (Å²) in [7, 11) is 0. The zero-order valence-corrected chi connectivity index (χ0v) is 15.6. The zero-order valence-electron chi connectivity index (χ0n) is 15.6. The first-order valence-corrected chi connectivity index (χ1v) is 8.49. The molecular formula is C16H21N3O9. The molecule has 12 nitrogen and oxygen atoms in total. The van der Waals surface area contributed by atoms with Crippen LogP contribution in [0.5, 0.6) is 0 Å². The van der Waals surface area contributed by atoms with Gasteiger partial charge in [0, 0.05) is 30.5 Å². The number of esters is 2. The Bertz CT molecular complexity index is 875. The summed E-state index contributed by atoms with van der Waals surface area (Å²) in [6, 6.07) is -1.32. The fourth-order valence-corrected chi connectivity index (χ4v) is 3.13. The van der Waals surface area contributed by atoms with Gasteiger partial charge < -0.3 is 14.2 Å². The van der Waals surface area contributed by atoms with Crippen LogP contribution in [0.3, 0.4) is 0 Å². The lowest BCUT2D eigenvalue weighted by Crippen LogP contribution is -2.39. The molecule has 1 N–H and O–H groups in total. The van der Waals surface area contributed by atoms with E-state index < -0.39 is 52.4 Å². The number of carbonyl (C=O) groups excluding carboxylic acids is 2. The highest BCUT2D eigenvalue weighted by Crippen LogP contribution is 2.38. The number of aryl methyl sites for hydroxylation is 1. The van der Waals surface area contributed by atoms with Crippen LogP contribution in [-0.2, 0) is 23.8 Å². The second kappa shape index (κ2) is 8.78. The highest BCUT2D eigenvalue weighted by atomic mass is 16.6. The lowest BCUT2D eigenvalue weighted by Gasteiger charge is -2.20. The molecule has 0 aromatic carbocycles. The molecule has 4 atom stereocenters. The van der Waals surface area contributed by atoms with Crippen LogP contribution >= 0.6 is 0 Å². The largest absolute Gasteiger partial charge is 0.466 e. The smallest absolute Gasteiger partial charge is 0.330 e. The molecule has 28 heavy (non-hydrogen) atoms. The highest BCUT2D eigenvalue weighted by Gasteiger charge is 2.53. The van der Waals surface area contributed by atoms with Gasteiger partial charge in [-0.25, -0.2) is 4.79 Å². The van der Waals surface area contributed by atoms with E-state index in [9.17, 15) is 29.3 Å². The summed E-state index contributed by atoms with van der Waals surface area (Å²) in [5.41, 5.74) is -1.17. The Balaban J connectivity index is 2.41. The van der Waals surface area contributed by atoms with Crippen molar-refractivity contribution >= 4 is 11.9 Å². The second-order valence-corrected chi connectivity index (χ2v) is 6.41. The standard InChI is InChI=1S/C16H21N3O9/c1-8-6-18(16(23)17-14(8)22)15-11(4-5-26-9(2)20)13(19(24)25)12(28-15)7-27-10(3)21/h6,11-13,15H,4-5,7H2,1-3H3,(H,17,22,23)/t11-,12-,13+,15-/m1/s1. The fraction of sp³-hybridized carbons (Fsp3) is 0.625. The van der Waals surface area contributed by atoms with Gasteiger partial charge in [0.2, 0.25) is 6.04 Å². The average molecular weight is 399 g/mol. The zero-order chi connectivity index (χ0) is 21.0. The first-order valence-electron chi connectivity index (χ1n) is 8.49. The van der Waals surface area contributed by atoms with E-state index in [-0.39, 0.29) is 25.2 Å². The fourth-order valence-electron chi connectivity index (χ4n) is 3.13. The average Bonchev–Trinajstić information content (AvgIpc) is 2.94. The molecule has 0 saturated carbocycles. The van der Waals surface area contributed by atoms with Crippen molar-refractivity contribution in [2.45, 2.75) is 45.6 Å². The lowest BCUT2D eigenvalue weighted by atomic mass is 9.94. The van der Waals surface area contributed by atoms with Gasteiger partial charge in [0.05, 0.1) is 12.5 Å². The Morgan fingerprint density at radius 2 is 1.93 bits per heavy atom.